The van der Waals surface area contributed by atoms with Gasteiger partial charge in [-0.25, -0.2) is 12.8 Å². The summed E-state index contributed by atoms with van der Waals surface area (Å²) in [6.07, 6.45) is 0. The number of nitrogens with one attached hydrogen (secondary N) is 1. The molecule has 0 bridgehead atoms. The zero-order valence-electron chi connectivity index (χ0n) is 9.27. The molecular formula is C10H12FNO4S. The molecule has 0 spiro atoms. The first-order chi connectivity index (χ1) is 7.74. The van der Waals surface area contributed by atoms with E-state index in [2.05, 4.69) is 0 Å². The van der Waals surface area contributed by atoms with Crippen LogP contribution in [0.1, 0.15) is 12.5 Å². The highest BCUT2D eigenvalue weighted by Gasteiger charge is 2.22. The summed E-state index contributed by atoms with van der Waals surface area (Å²) in [5.41, 5.74) is 0.218. The first kappa shape index (κ1) is 13.6. The molecule has 5 nitrogen and oxygen atoms in total. The number of carboxylic acids is 1. The van der Waals surface area contributed by atoms with Crippen LogP contribution >= 0.6 is 0 Å². The number of halogens is 1. The van der Waals surface area contributed by atoms with Gasteiger partial charge in [-0.2, -0.15) is 4.72 Å². The van der Waals surface area contributed by atoms with E-state index in [0.717, 1.165) is 18.2 Å². The number of aliphatic carboxylic acids is 1. The van der Waals surface area contributed by atoms with E-state index in [1.165, 1.54) is 13.8 Å². The predicted octanol–water partition coefficient (Wildman–Crippen LogP) is 0.886. The van der Waals surface area contributed by atoms with Gasteiger partial charge in [0, 0.05) is 0 Å². The molecule has 1 aromatic carbocycles. The molecule has 0 aliphatic carbocycles. The van der Waals surface area contributed by atoms with Gasteiger partial charge in [0.05, 0.1) is 4.90 Å². The van der Waals surface area contributed by atoms with E-state index < -0.39 is 27.9 Å². The first-order valence-electron chi connectivity index (χ1n) is 4.75. The summed E-state index contributed by atoms with van der Waals surface area (Å²) in [4.78, 5) is 10.4. The number of hydrogen-bond acceptors (Lipinski definition) is 3. The molecule has 94 valence electrons. The summed E-state index contributed by atoms with van der Waals surface area (Å²) in [6.45, 7) is 2.64. The third kappa shape index (κ3) is 3.24. The Kier molecular flexibility index (Phi) is 3.84. The van der Waals surface area contributed by atoms with E-state index >= 15 is 0 Å². The van der Waals surface area contributed by atoms with Gasteiger partial charge in [0.2, 0.25) is 10.0 Å². The molecule has 0 fully saturated rings. The van der Waals surface area contributed by atoms with Crippen LogP contribution < -0.4 is 4.72 Å². The van der Waals surface area contributed by atoms with Crippen molar-refractivity contribution in [2.24, 2.45) is 0 Å². The average Bonchev–Trinajstić information content (AvgIpc) is 2.15. The molecule has 0 radical (unpaired) electrons. The molecule has 1 rings (SSSR count). The number of hydrogen-bond donors (Lipinski definition) is 2. The summed E-state index contributed by atoms with van der Waals surface area (Å²) >= 11 is 0. The quantitative estimate of drug-likeness (QED) is 0.843. The van der Waals surface area contributed by atoms with Crippen LogP contribution in [0.25, 0.3) is 0 Å². The molecule has 0 saturated carbocycles. The third-order valence-corrected chi connectivity index (χ3v) is 3.83. The lowest BCUT2D eigenvalue weighted by molar-refractivity contribution is -0.138. The van der Waals surface area contributed by atoms with Gasteiger partial charge in [-0.15, -0.1) is 0 Å². The lowest BCUT2D eigenvalue weighted by Gasteiger charge is -2.11. The molecule has 1 atom stereocenters. The highest BCUT2D eigenvalue weighted by molar-refractivity contribution is 7.89. The third-order valence-electron chi connectivity index (χ3n) is 2.13. The Bertz CT molecular complexity index is 541. The summed E-state index contributed by atoms with van der Waals surface area (Å²) in [5.74, 6) is -1.83. The fourth-order valence-corrected chi connectivity index (χ4v) is 2.68. The minimum absolute atomic E-state index is 0.132. The molecule has 0 amide bonds. The number of sulfonamides is 1. The maximum Gasteiger partial charge on any atom is 0.321 e. The van der Waals surface area contributed by atoms with Crippen molar-refractivity contribution in [3.05, 3.63) is 29.6 Å². The zero-order chi connectivity index (χ0) is 13.2. The van der Waals surface area contributed by atoms with Crippen LogP contribution in [0.5, 0.6) is 0 Å². The molecule has 0 saturated heterocycles. The lowest BCUT2D eigenvalue weighted by Crippen LogP contribution is -2.38. The molecular weight excluding hydrogens is 249 g/mol. The number of carbonyl (C=O) groups is 1. The normalized spacial score (nSPS) is 13.4. The maximum atomic E-state index is 12.8. The van der Waals surface area contributed by atoms with Crippen molar-refractivity contribution in [3.8, 4) is 0 Å². The van der Waals surface area contributed by atoms with Gasteiger partial charge in [0.25, 0.3) is 0 Å². The minimum atomic E-state index is -3.95. The molecule has 1 unspecified atom stereocenters. The van der Waals surface area contributed by atoms with E-state index in [0.29, 0.717) is 0 Å². The summed E-state index contributed by atoms with van der Waals surface area (Å²) in [6, 6.07) is 1.93. The molecule has 7 heteroatoms. The Morgan fingerprint density at radius 3 is 2.53 bits per heavy atom. The predicted molar refractivity (Wildman–Crippen MR) is 58.6 cm³/mol. The maximum absolute atomic E-state index is 12.8. The van der Waals surface area contributed by atoms with E-state index in [9.17, 15) is 17.6 Å². The summed E-state index contributed by atoms with van der Waals surface area (Å²) in [7, 11) is -3.95. The van der Waals surface area contributed by atoms with Gasteiger partial charge in [-0.3, -0.25) is 4.79 Å². The van der Waals surface area contributed by atoms with E-state index in [-0.39, 0.29) is 10.5 Å². The highest BCUT2D eigenvalue weighted by Crippen LogP contribution is 2.16. The Morgan fingerprint density at radius 2 is 2.06 bits per heavy atom. The SMILES string of the molecule is Cc1cc(F)ccc1S(=O)(=O)NC(C)C(=O)O. The van der Waals surface area contributed by atoms with Gasteiger partial charge < -0.3 is 5.11 Å². The van der Waals surface area contributed by atoms with E-state index in [1.54, 1.807) is 0 Å². The highest BCUT2D eigenvalue weighted by atomic mass is 32.2. The molecule has 0 aliphatic rings. The fraction of sp³-hybridized carbons (Fsp3) is 0.300. The van der Waals surface area contributed by atoms with E-state index in [4.69, 9.17) is 5.11 Å². The molecule has 2 N–H and O–H groups in total. The van der Waals surface area contributed by atoms with Crippen molar-refractivity contribution in [2.45, 2.75) is 24.8 Å². The number of carboxylic acid groups (broad SMARTS) is 1. The second kappa shape index (κ2) is 4.80. The van der Waals surface area contributed by atoms with Gasteiger partial charge in [0.15, 0.2) is 0 Å². The fourth-order valence-electron chi connectivity index (χ4n) is 1.26. The van der Waals surface area contributed by atoms with Gasteiger partial charge >= 0.3 is 5.97 Å². The van der Waals surface area contributed by atoms with E-state index in [1.807, 2.05) is 4.72 Å². The molecule has 0 heterocycles. The second-order valence-electron chi connectivity index (χ2n) is 3.59. The first-order valence-corrected chi connectivity index (χ1v) is 6.23. The summed E-state index contributed by atoms with van der Waals surface area (Å²) in [5, 5.41) is 8.62. The average molecular weight is 261 g/mol. The van der Waals surface area contributed by atoms with Crippen molar-refractivity contribution in [3.63, 3.8) is 0 Å². The topological polar surface area (TPSA) is 83.5 Å². The van der Waals surface area contributed by atoms with Crippen LogP contribution in [-0.2, 0) is 14.8 Å². The van der Waals surface area contributed by atoms with Crippen molar-refractivity contribution in [1.82, 2.24) is 4.72 Å². The summed E-state index contributed by atoms with van der Waals surface area (Å²) < 4.78 is 38.4. The Balaban J connectivity index is 3.10. The van der Waals surface area contributed by atoms with Crippen LogP contribution in [0.2, 0.25) is 0 Å². The van der Waals surface area contributed by atoms with Gasteiger partial charge in [0.1, 0.15) is 11.9 Å². The second-order valence-corrected chi connectivity index (χ2v) is 5.27. The van der Waals surface area contributed by atoms with Gasteiger partial charge in [-0.1, -0.05) is 0 Å². The van der Waals surface area contributed by atoms with Crippen molar-refractivity contribution in [1.29, 1.82) is 0 Å². The number of rotatable bonds is 4. The molecule has 17 heavy (non-hydrogen) atoms. The minimum Gasteiger partial charge on any atom is -0.480 e. The van der Waals surface area contributed by atoms with Crippen LogP contribution in [0, 0.1) is 12.7 Å². The zero-order valence-corrected chi connectivity index (χ0v) is 10.1. The van der Waals surface area contributed by atoms with Gasteiger partial charge in [-0.05, 0) is 37.6 Å². The molecule has 1 aromatic rings. The van der Waals surface area contributed by atoms with Crippen molar-refractivity contribution < 1.29 is 22.7 Å². The van der Waals surface area contributed by atoms with Crippen LogP contribution in [0.4, 0.5) is 4.39 Å². The molecule has 0 aliphatic heterocycles. The van der Waals surface area contributed by atoms with Crippen LogP contribution in [0.15, 0.2) is 23.1 Å². The van der Waals surface area contributed by atoms with Crippen molar-refractivity contribution in [2.75, 3.05) is 0 Å². The Morgan fingerprint density at radius 1 is 1.47 bits per heavy atom. The van der Waals surface area contributed by atoms with Crippen LogP contribution in [0.3, 0.4) is 0 Å². The monoisotopic (exact) mass is 261 g/mol. The Labute approximate surface area is 98.3 Å². The number of benzene rings is 1. The lowest BCUT2D eigenvalue weighted by atomic mass is 10.2. The van der Waals surface area contributed by atoms with Crippen molar-refractivity contribution >= 4 is 16.0 Å². The largest absolute Gasteiger partial charge is 0.480 e. The van der Waals surface area contributed by atoms with Crippen LogP contribution in [-0.4, -0.2) is 25.5 Å². The number of aryl methyl sites for hydroxylation is 1. The smallest absolute Gasteiger partial charge is 0.321 e. The Hall–Kier alpha value is -1.47. The molecule has 0 aromatic heterocycles. The standard InChI is InChI=1S/C10H12FNO4S/c1-6-5-8(11)3-4-9(6)17(15,16)12-7(2)10(13)14/h3-5,7,12H,1-2H3,(H,13,14).